The SMILES string of the molecule is CC1(NC(=O)c2ccc(C#CCCO)s2)CCOC1. The molecule has 1 atom stereocenters. The summed E-state index contributed by atoms with van der Waals surface area (Å²) in [5.41, 5.74) is -0.260. The summed E-state index contributed by atoms with van der Waals surface area (Å²) in [6.07, 6.45) is 1.29. The molecule has 102 valence electrons. The van der Waals surface area contributed by atoms with Crippen LogP contribution in [0, 0.1) is 11.8 Å². The number of aliphatic hydroxyl groups excluding tert-OH is 1. The maximum Gasteiger partial charge on any atom is 0.261 e. The molecular formula is C14H17NO3S. The third-order valence-corrected chi connectivity index (χ3v) is 3.91. The van der Waals surface area contributed by atoms with Crippen LogP contribution in [0.25, 0.3) is 0 Å². The molecule has 0 spiro atoms. The molecule has 19 heavy (non-hydrogen) atoms. The summed E-state index contributed by atoms with van der Waals surface area (Å²) in [4.78, 5) is 13.6. The highest BCUT2D eigenvalue weighted by Crippen LogP contribution is 2.20. The Hall–Kier alpha value is -1.35. The summed E-state index contributed by atoms with van der Waals surface area (Å²) in [7, 11) is 0. The van der Waals surface area contributed by atoms with Crippen molar-refractivity contribution in [3.05, 3.63) is 21.9 Å². The maximum absolute atomic E-state index is 12.1. The van der Waals surface area contributed by atoms with E-state index in [-0.39, 0.29) is 18.1 Å². The standard InChI is InChI=1S/C14H17NO3S/c1-14(7-9-18-10-14)15-13(17)12-6-5-11(19-12)4-2-3-8-16/h5-6,16H,3,7-10H2,1H3,(H,15,17). The molecule has 1 aromatic heterocycles. The van der Waals surface area contributed by atoms with Crippen molar-refractivity contribution in [1.29, 1.82) is 0 Å². The minimum atomic E-state index is -0.260. The number of nitrogens with one attached hydrogen (secondary N) is 1. The van der Waals surface area contributed by atoms with Crippen LogP contribution in [0.5, 0.6) is 0 Å². The predicted octanol–water partition coefficient (Wildman–Crippen LogP) is 1.39. The fourth-order valence-electron chi connectivity index (χ4n) is 1.83. The lowest BCUT2D eigenvalue weighted by atomic mass is 10.0. The molecule has 1 aliphatic rings. The lowest BCUT2D eigenvalue weighted by Crippen LogP contribution is -2.46. The topological polar surface area (TPSA) is 58.6 Å². The average Bonchev–Trinajstić information content (AvgIpc) is 2.99. The third-order valence-electron chi connectivity index (χ3n) is 2.91. The van der Waals surface area contributed by atoms with Gasteiger partial charge < -0.3 is 15.2 Å². The van der Waals surface area contributed by atoms with Gasteiger partial charge in [0.05, 0.1) is 28.5 Å². The van der Waals surface area contributed by atoms with Gasteiger partial charge in [0.25, 0.3) is 5.91 Å². The van der Waals surface area contributed by atoms with E-state index in [9.17, 15) is 4.79 Å². The predicted molar refractivity (Wildman–Crippen MR) is 74.2 cm³/mol. The van der Waals surface area contributed by atoms with E-state index in [1.807, 2.05) is 13.0 Å². The van der Waals surface area contributed by atoms with Crippen molar-refractivity contribution >= 4 is 17.2 Å². The Morgan fingerprint density at radius 1 is 1.63 bits per heavy atom. The highest BCUT2D eigenvalue weighted by molar-refractivity contribution is 7.14. The van der Waals surface area contributed by atoms with Gasteiger partial charge in [-0.1, -0.05) is 11.8 Å². The lowest BCUT2D eigenvalue weighted by Gasteiger charge is -2.22. The van der Waals surface area contributed by atoms with Crippen molar-refractivity contribution in [2.24, 2.45) is 0 Å². The van der Waals surface area contributed by atoms with Crippen molar-refractivity contribution in [2.75, 3.05) is 19.8 Å². The molecular weight excluding hydrogens is 262 g/mol. The Balaban J connectivity index is 1.98. The Kier molecular flexibility index (Phi) is 4.59. The molecule has 2 heterocycles. The molecule has 5 heteroatoms. The zero-order valence-corrected chi connectivity index (χ0v) is 11.7. The molecule has 1 aromatic rings. The van der Waals surface area contributed by atoms with E-state index >= 15 is 0 Å². The van der Waals surface area contributed by atoms with Crippen molar-refractivity contribution in [1.82, 2.24) is 5.32 Å². The van der Waals surface area contributed by atoms with E-state index in [0.29, 0.717) is 24.5 Å². The van der Waals surface area contributed by atoms with Crippen LogP contribution < -0.4 is 5.32 Å². The molecule has 1 saturated heterocycles. The number of hydrogen-bond acceptors (Lipinski definition) is 4. The van der Waals surface area contributed by atoms with Crippen LogP contribution in [0.4, 0.5) is 0 Å². The average molecular weight is 279 g/mol. The summed E-state index contributed by atoms with van der Waals surface area (Å²) >= 11 is 1.37. The molecule has 1 aliphatic heterocycles. The van der Waals surface area contributed by atoms with Gasteiger partial charge in [0.2, 0.25) is 0 Å². The highest BCUT2D eigenvalue weighted by atomic mass is 32.1. The van der Waals surface area contributed by atoms with E-state index in [1.165, 1.54) is 11.3 Å². The van der Waals surface area contributed by atoms with Crippen LogP contribution in [0.15, 0.2) is 12.1 Å². The quantitative estimate of drug-likeness (QED) is 0.822. The first-order valence-electron chi connectivity index (χ1n) is 6.23. The summed E-state index contributed by atoms with van der Waals surface area (Å²) < 4.78 is 5.31. The summed E-state index contributed by atoms with van der Waals surface area (Å²) in [5.74, 6) is 5.69. The Bertz CT molecular complexity index is 506. The number of rotatable bonds is 3. The minimum Gasteiger partial charge on any atom is -0.395 e. The maximum atomic E-state index is 12.1. The van der Waals surface area contributed by atoms with Crippen molar-refractivity contribution < 1.29 is 14.6 Å². The van der Waals surface area contributed by atoms with Gasteiger partial charge in [0, 0.05) is 13.0 Å². The summed E-state index contributed by atoms with van der Waals surface area (Å²) in [6, 6.07) is 3.61. The first kappa shape index (κ1) is 14.1. The van der Waals surface area contributed by atoms with E-state index in [2.05, 4.69) is 17.2 Å². The molecule has 0 aliphatic carbocycles. The zero-order valence-electron chi connectivity index (χ0n) is 10.9. The Morgan fingerprint density at radius 2 is 2.47 bits per heavy atom. The number of carbonyl (C=O) groups is 1. The molecule has 2 N–H and O–H groups in total. The van der Waals surface area contributed by atoms with Gasteiger partial charge in [-0.2, -0.15) is 0 Å². The zero-order chi connectivity index (χ0) is 13.7. The Labute approximate surface area is 116 Å². The highest BCUT2D eigenvalue weighted by Gasteiger charge is 2.31. The van der Waals surface area contributed by atoms with Gasteiger partial charge in [-0.05, 0) is 25.5 Å². The summed E-state index contributed by atoms with van der Waals surface area (Å²) in [6.45, 7) is 3.31. The van der Waals surface area contributed by atoms with E-state index in [1.54, 1.807) is 6.07 Å². The van der Waals surface area contributed by atoms with Crippen LogP contribution in [-0.4, -0.2) is 36.4 Å². The van der Waals surface area contributed by atoms with Crippen LogP contribution in [0.3, 0.4) is 0 Å². The molecule has 0 radical (unpaired) electrons. The molecule has 1 unspecified atom stereocenters. The first-order chi connectivity index (χ1) is 9.13. The number of carbonyl (C=O) groups excluding carboxylic acids is 1. The molecule has 1 amide bonds. The Morgan fingerprint density at radius 3 is 3.16 bits per heavy atom. The van der Waals surface area contributed by atoms with E-state index < -0.39 is 0 Å². The second-order valence-electron chi connectivity index (χ2n) is 4.76. The molecule has 0 bridgehead atoms. The molecule has 0 saturated carbocycles. The van der Waals surface area contributed by atoms with Gasteiger partial charge in [0.1, 0.15) is 0 Å². The largest absolute Gasteiger partial charge is 0.395 e. The second-order valence-corrected chi connectivity index (χ2v) is 5.84. The van der Waals surface area contributed by atoms with Gasteiger partial charge in [-0.25, -0.2) is 0 Å². The molecule has 4 nitrogen and oxygen atoms in total. The van der Waals surface area contributed by atoms with Crippen LogP contribution in [0.1, 0.15) is 34.3 Å². The van der Waals surface area contributed by atoms with Gasteiger partial charge in [0.15, 0.2) is 0 Å². The minimum absolute atomic E-state index is 0.0596. The monoisotopic (exact) mass is 279 g/mol. The molecule has 1 fully saturated rings. The van der Waals surface area contributed by atoms with Crippen molar-refractivity contribution in [3.63, 3.8) is 0 Å². The van der Waals surface area contributed by atoms with Crippen LogP contribution >= 0.6 is 11.3 Å². The third kappa shape index (κ3) is 3.80. The number of ether oxygens (including phenoxy) is 1. The first-order valence-corrected chi connectivity index (χ1v) is 7.04. The van der Waals surface area contributed by atoms with Crippen LogP contribution in [-0.2, 0) is 4.74 Å². The van der Waals surface area contributed by atoms with Gasteiger partial charge in [-0.3, -0.25) is 4.79 Å². The number of hydrogen-bond donors (Lipinski definition) is 2. The van der Waals surface area contributed by atoms with E-state index in [0.717, 1.165) is 11.3 Å². The fourth-order valence-corrected chi connectivity index (χ4v) is 2.61. The van der Waals surface area contributed by atoms with E-state index in [4.69, 9.17) is 9.84 Å². The number of aliphatic hydroxyl groups is 1. The second kappa shape index (κ2) is 6.20. The molecule has 2 rings (SSSR count). The van der Waals surface area contributed by atoms with Gasteiger partial charge in [-0.15, -0.1) is 11.3 Å². The normalized spacial score (nSPS) is 21.8. The fraction of sp³-hybridized carbons (Fsp3) is 0.500. The van der Waals surface area contributed by atoms with Gasteiger partial charge >= 0.3 is 0 Å². The molecule has 0 aromatic carbocycles. The van der Waals surface area contributed by atoms with Crippen molar-refractivity contribution in [2.45, 2.75) is 25.3 Å². The number of amides is 1. The smallest absolute Gasteiger partial charge is 0.261 e. The summed E-state index contributed by atoms with van der Waals surface area (Å²) in [5, 5.41) is 11.7. The lowest BCUT2D eigenvalue weighted by molar-refractivity contribution is 0.0894. The van der Waals surface area contributed by atoms with Crippen LogP contribution in [0.2, 0.25) is 0 Å². The van der Waals surface area contributed by atoms with Crippen molar-refractivity contribution in [3.8, 4) is 11.8 Å². The number of thiophene rings is 1.